The minimum Gasteiger partial charge on any atom is -0.484 e. The number of carbonyl (C=O) groups excluding carboxylic acids is 2. The summed E-state index contributed by atoms with van der Waals surface area (Å²) in [5, 5.41) is 2.32. The van der Waals surface area contributed by atoms with E-state index in [4.69, 9.17) is 21.7 Å². The number of nitrogens with one attached hydrogen (secondary N) is 3. The van der Waals surface area contributed by atoms with Gasteiger partial charge in [0.2, 0.25) is 0 Å². The fourth-order valence-electron chi connectivity index (χ4n) is 1.77. The van der Waals surface area contributed by atoms with E-state index < -0.39 is 11.8 Å². The number of hydrogen-bond acceptors (Lipinski definition) is 5. The van der Waals surface area contributed by atoms with Gasteiger partial charge in [-0.25, -0.2) is 0 Å². The monoisotopic (exact) mass is 593 g/mol. The lowest BCUT2D eigenvalue weighted by Crippen LogP contribution is -2.50. The Bertz CT molecular complexity index is 865. The van der Waals surface area contributed by atoms with Crippen LogP contribution in [0.5, 0.6) is 11.5 Å². The molecule has 2 aromatic rings. The molecule has 0 aliphatic rings. The van der Waals surface area contributed by atoms with E-state index in [9.17, 15) is 9.59 Å². The first-order chi connectivity index (χ1) is 13.3. The van der Waals surface area contributed by atoms with Crippen LogP contribution in [0.3, 0.4) is 0 Å². The largest absolute Gasteiger partial charge is 0.484 e. The van der Waals surface area contributed by atoms with Gasteiger partial charge < -0.3 is 9.47 Å². The van der Waals surface area contributed by atoms with E-state index in [1.54, 1.807) is 42.5 Å². The Morgan fingerprint density at radius 1 is 0.857 bits per heavy atom. The molecule has 0 atom stereocenters. The summed E-state index contributed by atoms with van der Waals surface area (Å²) in [6.07, 6.45) is 0. The van der Waals surface area contributed by atoms with Crippen molar-refractivity contribution in [3.05, 3.63) is 55.9 Å². The van der Waals surface area contributed by atoms with E-state index in [1.807, 2.05) is 0 Å². The number of ether oxygens (including phenoxy) is 2. The fourth-order valence-corrected chi connectivity index (χ4v) is 3.36. The maximum Gasteiger partial charge on any atom is 0.276 e. The summed E-state index contributed by atoms with van der Waals surface area (Å²) in [7, 11) is 0. The highest BCUT2D eigenvalue weighted by atomic mass is 79.9. The second kappa shape index (κ2) is 11.3. The number of benzene rings is 2. The van der Waals surface area contributed by atoms with E-state index in [-0.39, 0.29) is 18.3 Å². The molecule has 0 fully saturated rings. The van der Waals surface area contributed by atoms with Gasteiger partial charge in [0.1, 0.15) is 11.5 Å². The van der Waals surface area contributed by atoms with E-state index >= 15 is 0 Å². The van der Waals surface area contributed by atoms with E-state index in [1.165, 1.54) is 0 Å². The summed E-state index contributed by atoms with van der Waals surface area (Å²) < 4.78 is 13.2. The van der Waals surface area contributed by atoms with Crippen LogP contribution in [0.4, 0.5) is 0 Å². The Morgan fingerprint density at radius 3 is 2.18 bits per heavy atom. The predicted molar refractivity (Wildman–Crippen MR) is 119 cm³/mol. The van der Waals surface area contributed by atoms with Gasteiger partial charge in [0, 0.05) is 8.95 Å². The molecule has 0 aliphatic carbocycles. The van der Waals surface area contributed by atoms with E-state index in [2.05, 4.69) is 64.0 Å². The lowest BCUT2D eigenvalue weighted by atomic mass is 10.3. The molecule has 0 spiro atoms. The molecule has 0 heterocycles. The Kier molecular flexibility index (Phi) is 9.16. The highest BCUT2D eigenvalue weighted by Gasteiger charge is 2.09. The molecule has 7 nitrogen and oxygen atoms in total. The van der Waals surface area contributed by atoms with Gasteiger partial charge in [-0.15, -0.1) is 0 Å². The highest BCUT2D eigenvalue weighted by molar-refractivity contribution is 9.11. The summed E-state index contributed by atoms with van der Waals surface area (Å²) in [5.41, 5.74) is 4.75. The van der Waals surface area contributed by atoms with Crippen molar-refractivity contribution in [3.63, 3.8) is 0 Å². The number of carbonyl (C=O) groups is 2. The van der Waals surface area contributed by atoms with Crippen LogP contribution < -0.4 is 25.6 Å². The lowest BCUT2D eigenvalue weighted by Gasteiger charge is -2.12. The SMILES string of the molecule is O=C(COc1ccc(Br)cc1Br)NNC(=S)NC(=O)COc1ccc(Br)cc1. The summed E-state index contributed by atoms with van der Waals surface area (Å²) in [6, 6.07) is 12.3. The molecule has 2 rings (SSSR count). The molecule has 0 unspecified atom stereocenters. The molecular weight excluding hydrogens is 582 g/mol. The van der Waals surface area contributed by atoms with E-state index in [0.717, 1.165) is 8.95 Å². The smallest absolute Gasteiger partial charge is 0.276 e. The molecular formula is C17H14Br3N3O4S. The fraction of sp³-hybridized carbons (Fsp3) is 0.118. The van der Waals surface area contributed by atoms with Gasteiger partial charge in [-0.2, -0.15) is 0 Å². The minimum absolute atomic E-state index is 0.0671. The molecule has 11 heteroatoms. The van der Waals surface area contributed by atoms with Crippen molar-refractivity contribution < 1.29 is 19.1 Å². The average Bonchev–Trinajstić information content (AvgIpc) is 2.65. The number of hydrogen-bond donors (Lipinski definition) is 3. The molecule has 0 radical (unpaired) electrons. The molecule has 0 saturated heterocycles. The van der Waals surface area contributed by atoms with Crippen LogP contribution in [0.25, 0.3) is 0 Å². The van der Waals surface area contributed by atoms with Crippen LogP contribution >= 0.6 is 60.0 Å². The van der Waals surface area contributed by atoms with Gasteiger partial charge in [-0.3, -0.25) is 25.8 Å². The van der Waals surface area contributed by atoms with Crippen LogP contribution in [0.15, 0.2) is 55.9 Å². The van der Waals surface area contributed by atoms with Crippen molar-refractivity contribution in [3.8, 4) is 11.5 Å². The maximum atomic E-state index is 11.8. The molecule has 0 aliphatic heterocycles. The molecule has 0 bridgehead atoms. The molecule has 2 aromatic carbocycles. The molecule has 2 amide bonds. The van der Waals surface area contributed by atoms with Gasteiger partial charge in [-0.1, -0.05) is 31.9 Å². The van der Waals surface area contributed by atoms with Gasteiger partial charge >= 0.3 is 0 Å². The zero-order valence-corrected chi connectivity index (χ0v) is 19.7. The Morgan fingerprint density at radius 2 is 1.50 bits per heavy atom. The predicted octanol–water partition coefficient (Wildman–Crippen LogP) is 3.45. The third kappa shape index (κ3) is 8.13. The van der Waals surface area contributed by atoms with Gasteiger partial charge in [0.15, 0.2) is 18.3 Å². The first-order valence-electron chi connectivity index (χ1n) is 7.68. The second-order valence-electron chi connectivity index (χ2n) is 5.16. The standard InChI is InChI=1S/C17H14Br3N3O4S/c18-10-1-4-12(5-2-10)26-8-15(24)21-17(28)23-22-16(25)9-27-14-6-3-11(19)7-13(14)20/h1-7H,8-9H2,(H,22,25)(H2,21,23,24,28). The molecule has 28 heavy (non-hydrogen) atoms. The lowest BCUT2D eigenvalue weighted by molar-refractivity contribution is -0.124. The van der Waals surface area contributed by atoms with Crippen LogP contribution in [0.1, 0.15) is 0 Å². The van der Waals surface area contributed by atoms with Crippen molar-refractivity contribution in [2.24, 2.45) is 0 Å². The molecule has 0 aromatic heterocycles. The number of hydrazine groups is 1. The van der Waals surface area contributed by atoms with Crippen LogP contribution in [-0.2, 0) is 9.59 Å². The average molecular weight is 596 g/mol. The van der Waals surface area contributed by atoms with Crippen molar-refractivity contribution >= 4 is 76.9 Å². The third-order valence-corrected chi connectivity index (χ3v) is 4.85. The van der Waals surface area contributed by atoms with Gasteiger partial charge in [0.25, 0.3) is 11.8 Å². The molecule has 0 saturated carbocycles. The van der Waals surface area contributed by atoms with Crippen molar-refractivity contribution in [1.29, 1.82) is 0 Å². The van der Waals surface area contributed by atoms with Crippen LogP contribution in [0, 0.1) is 0 Å². The highest BCUT2D eigenvalue weighted by Crippen LogP contribution is 2.28. The van der Waals surface area contributed by atoms with Crippen LogP contribution in [-0.4, -0.2) is 30.1 Å². The van der Waals surface area contributed by atoms with Crippen molar-refractivity contribution in [2.45, 2.75) is 0 Å². The summed E-state index contributed by atoms with van der Waals surface area (Å²) in [5.74, 6) is 0.114. The quantitative estimate of drug-likeness (QED) is 0.350. The Hall–Kier alpha value is -1.69. The normalized spacial score (nSPS) is 9.96. The number of thiocarbonyl (C=S) groups is 1. The van der Waals surface area contributed by atoms with Crippen molar-refractivity contribution in [1.82, 2.24) is 16.2 Å². The second-order valence-corrected chi connectivity index (χ2v) is 8.25. The first kappa shape index (κ1) is 22.6. The zero-order chi connectivity index (χ0) is 20.5. The summed E-state index contributed by atoms with van der Waals surface area (Å²) in [6.45, 7) is -0.464. The van der Waals surface area contributed by atoms with Crippen molar-refractivity contribution in [2.75, 3.05) is 13.2 Å². The summed E-state index contributed by atoms with van der Waals surface area (Å²) >= 11 is 14.9. The Labute approximate surface area is 191 Å². The molecule has 3 N–H and O–H groups in total. The topological polar surface area (TPSA) is 88.7 Å². The number of amides is 2. The first-order valence-corrected chi connectivity index (χ1v) is 10.5. The number of rotatable bonds is 6. The molecule has 148 valence electrons. The summed E-state index contributed by atoms with van der Waals surface area (Å²) in [4.78, 5) is 23.6. The zero-order valence-electron chi connectivity index (χ0n) is 14.1. The van der Waals surface area contributed by atoms with E-state index in [0.29, 0.717) is 16.0 Å². The Balaban J connectivity index is 1.66. The third-order valence-electron chi connectivity index (χ3n) is 3.00. The minimum atomic E-state index is -0.475. The van der Waals surface area contributed by atoms with Gasteiger partial charge in [0.05, 0.1) is 4.47 Å². The van der Waals surface area contributed by atoms with Crippen LogP contribution in [0.2, 0.25) is 0 Å². The number of halogens is 3. The van der Waals surface area contributed by atoms with Gasteiger partial charge in [-0.05, 0) is 70.6 Å². The maximum absolute atomic E-state index is 11.8.